The molecule has 5 nitrogen and oxygen atoms in total. The van der Waals surface area contributed by atoms with Gasteiger partial charge in [0.15, 0.2) is 5.15 Å². The standard InChI is InChI=1S/C5H6ClN3O2S/c1-3-4(6)8-9-5(7-3)12(2,10)11/h1-2H3. The summed E-state index contributed by atoms with van der Waals surface area (Å²) in [5.74, 6) is 0. The number of sulfone groups is 1. The lowest BCUT2D eigenvalue weighted by Gasteiger charge is -1.97. The monoisotopic (exact) mass is 207 g/mol. The van der Waals surface area contributed by atoms with Gasteiger partial charge >= 0.3 is 0 Å². The third-order valence-corrected chi connectivity index (χ3v) is 2.30. The molecule has 7 heteroatoms. The van der Waals surface area contributed by atoms with Gasteiger partial charge in [-0.1, -0.05) is 11.6 Å². The first-order chi connectivity index (χ1) is 5.41. The number of hydrogen-bond acceptors (Lipinski definition) is 5. The van der Waals surface area contributed by atoms with Gasteiger partial charge in [0, 0.05) is 6.26 Å². The van der Waals surface area contributed by atoms with Crippen LogP contribution in [0.1, 0.15) is 5.69 Å². The highest BCUT2D eigenvalue weighted by atomic mass is 35.5. The van der Waals surface area contributed by atoms with E-state index in [-0.39, 0.29) is 10.3 Å². The van der Waals surface area contributed by atoms with E-state index in [1.165, 1.54) is 0 Å². The maximum absolute atomic E-state index is 10.9. The van der Waals surface area contributed by atoms with Gasteiger partial charge in [-0.05, 0) is 6.92 Å². The zero-order chi connectivity index (χ0) is 9.35. The molecule has 12 heavy (non-hydrogen) atoms. The number of aromatic nitrogens is 3. The van der Waals surface area contributed by atoms with E-state index in [2.05, 4.69) is 15.2 Å². The summed E-state index contributed by atoms with van der Waals surface area (Å²) < 4.78 is 21.8. The summed E-state index contributed by atoms with van der Waals surface area (Å²) in [7, 11) is -3.39. The molecule has 1 rings (SSSR count). The Morgan fingerprint density at radius 1 is 1.33 bits per heavy atom. The van der Waals surface area contributed by atoms with Crippen molar-refractivity contribution in [2.24, 2.45) is 0 Å². The van der Waals surface area contributed by atoms with Crippen LogP contribution in [0.3, 0.4) is 0 Å². The number of nitrogens with zero attached hydrogens (tertiary/aromatic N) is 3. The second kappa shape index (κ2) is 2.95. The molecule has 0 aliphatic heterocycles. The minimum Gasteiger partial charge on any atom is -0.221 e. The zero-order valence-electron chi connectivity index (χ0n) is 6.44. The molecule has 0 saturated heterocycles. The highest BCUT2D eigenvalue weighted by Gasteiger charge is 2.12. The largest absolute Gasteiger partial charge is 0.267 e. The van der Waals surface area contributed by atoms with Gasteiger partial charge < -0.3 is 0 Å². The van der Waals surface area contributed by atoms with Crippen molar-refractivity contribution < 1.29 is 8.42 Å². The molecular formula is C5H6ClN3O2S. The molecule has 66 valence electrons. The Morgan fingerprint density at radius 3 is 2.33 bits per heavy atom. The molecular weight excluding hydrogens is 202 g/mol. The van der Waals surface area contributed by atoms with Gasteiger partial charge in [-0.25, -0.2) is 13.4 Å². The van der Waals surface area contributed by atoms with Crippen molar-refractivity contribution >= 4 is 21.4 Å². The van der Waals surface area contributed by atoms with E-state index < -0.39 is 9.84 Å². The third kappa shape index (κ3) is 1.89. The van der Waals surface area contributed by atoms with Crippen LogP contribution < -0.4 is 0 Å². The van der Waals surface area contributed by atoms with E-state index in [0.717, 1.165) is 6.26 Å². The van der Waals surface area contributed by atoms with Crippen LogP contribution in [0.4, 0.5) is 0 Å². The summed E-state index contributed by atoms with van der Waals surface area (Å²) >= 11 is 5.50. The van der Waals surface area contributed by atoms with Crippen LogP contribution in [0.25, 0.3) is 0 Å². The van der Waals surface area contributed by atoms with Gasteiger partial charge in [-0.3, -0.25) is 0 Å². The lowest BCUT2D eigenvalue weighted by atomic mass is 10.5. The van der Waals surface area contributed by atoms with Gasteiger partial charge in [0.2, 0.25) is 9.84 Å². The summed E-state index contributed by atoms with van der Waals surface area (Å²) in [6, 6.07) is 0. The second-order valence-corrected chi connectivity index (χ2v) is 4.51. The van der Waals surface area contributed by atoms with E-state index in [9.17, 15) is 8.42 Å². The summed E-state index contributed by atoms with van der Waals surface area (Å²) in [5.41, 5.74) is 0.354. The molecule has 0 amide bonds. The van der Waals surface area contributed by atoms with E-state index in [4.69, 9.17) is 11.6 Å². The molecule has 1 aromatic heterocycles. The fraction of sp³-hybridized carbons (Fsp3) is 0.400. The van der Waals surface area contributed by atoms with E-state index in [1.807, 2.05) is 0 Å². The molecule has 0 bridgehead atoms. The lowest BCUT2D eigenvalue weighted by molar-refractivity contribution is 0.588. The van der Waals surface area contributed by atoms with Crippen LogP contribution in [-0.2, 0) is 9.84 Å². The zero-order valence-corrected chi connectivity index (χ0v) is 8.02. The molecule has 0 spiro atoms. The Morgan fingerprint density at radius 2 is 1.92 bits per heavy atom. The van der Waals surface area contributed by atoms with Gasteiger partial charge in [-0.15, -0.1) is 10.2 Å². The van der Waals surface area contributed by atoms with Crippen LogP contribution in [0.15, 0.2) is 5.16 Å². The van der Waals surface area contributed by atoms with Crippen LogP contribution in [0.5, 0.6) is 0 Å². The molecule has 1 heterocycles. The van der Waals surface area contributed by atoms with Crippen molar-refractivity contribution in [1.29, 1.82) is 0 Å². The molecule has 0 aliphatic rings. The smallest absolute Gasteiger partial charge is 0.221 e. The SMILES string of the molecule is Cc1nc(S(C)(=O)=O)nnc1Cl. The summed E-state index contributed by atoms with van der Waals surface area (Å²) in [6.45, 7) is 1.56. The highest BCUT2D eigenvalue weighted by Crippen LogP contribution is 2.08. The maximum Gasteiger partial charge on any atom is 0.267 e. The predicted molar refractivity (Wildman–Crippen MR) is 42.7 cm³/mol. The molecule has 0 radical (unpaired) electrons. The van der Waals surface area contributed by atoms with Gasteiger partial charge in [0.1, 0.15) is 0 Å². The topological polar surface area (TPSA) is 72.8 Å². The number of rotatable bonds is 1. The average molecular weight is 208 g/mol. The average Bonchev–Trinajstić information content (AvgIpc) is 1.92. The molecule has 0 aromatic carbocycles. The number of halogens is 1. The normalized spacial score (nSPS) is 11.6. The summed E-state index contributed by atoms with van der Waals surface area (Å²) in [5, 5.41) is 6.56. The second-order valence-electron chi connectivity index (χ2n) is 2.24. The first-order valence-corrected chi connectivity index (χ1v) is 5.25. The van der Waals surface area contributed by atoms with Crippen molar-refractivity contribution in [3.05, 3.63) is 10.8 Å². The van der Waals surface area contributed by atoms with Crippen LogP contribution in [0.2, 0.25) is 5.15 Å². The van der Waals surface area contributed by atoms with Gasteiger partial charge in [0.25, 0.3) is 5.16 Å². The van der Waals surface area contributed by atoms with Crippen molar-refractivity contribution in [2.45, 2.75) is 12.1 Å². The molecule has 1 aromatic rings. The van der Waals surface area contributed by atoms with E-state index in [0.29, 0.717) is 5.69 Å². The molecule has 0 fully saturated rings. The minimum atomic E-state index is -3.39. The Hall–Kier alpha value is -0.750. The van der Waals surface area contributed by atoms with E-state index in [1.54, 1.807) is 6.92 Å². The highest BCUT2D eigenvalue weighted by molar-refractivity contribution is 7.90. The predicted octanol–water partition coefficient (Wildman–Crippen LogP) is 0.237. The van der Waals surface area contributed by atoms with Crippen molar-refractivity contribution in [3.63, 3.8) is 0 Å². The molecule has 0 unspecified atom stereocenters. The Kier molecular flexibility index (Phi) is 2.29. The van der Waals surface area contributed by atoms with Crippen LogP contribution in [-0.4, -0.2) is 29.9 Å². The molecule has 0 aliphatic carbocycles. The van der Waals surface area contributed by atoms with Crippen LogP contribution in [0, 0.1) is 6.92 Å². The number of aryl methyl sites for hydroxylation is 1. The Bertz CT molecular complexity index is 403. The Labute approximate surface area is 74.7 Å². The lowest BCUT2D eigenvalue weighted by Crippen LogP contribution is -2.06. The quantitative estimate of drug-likeness (QED) is 0.660. The Balaban J connectivity index is 3.33. The first-order valence-electron chi connectivity index (χ1n) is 2.98. The summed E-state index contributed by atoms with van der Waals surface area (Å²) in [6.07, 6.45) is 1.01. The van der Waals surface area contributed by atoms with Crippen molar-refractivity contribution in [1.82, 2.24) is 15.2 Å². The fourth-order valence-electron chi connectivity index (χ4n) is 0.528. The van der Waals surface area contributed by atoms with Crippen LogP contribution >= 0.6 is 11.6 Å². The molecule has 0 atom stereocenters. The third-order valence-electron chi connectivity index (χ3n) is 1.12. The molecule has 0 N–H and O–H groups in total. The summed E-state index contributed by atoms with van der Waals surface area (Å²) in [4.78, 5) is 3.65. The first kappa shape index (κ1) is 9.34. The fourth-order valence-corrected chi connectivity index (χ4v) is 1.10. The van der Waals surface area contributed by atoms with Gasteiger partial charge in [-0.2, -0.15) is 0 Å². The van der Waals surface area contributed by atoms with Gasteiger partial charge in [0.05, 0.1) is 5.69 Å². The maximum atomic E-state index is 10.9. The van der Waals surface area contributed by atoms with Crippen molar-refractivity contribution in [2.75, 3.05) is 6.26 Å². The van der Waals surface area contributed by atoms with Crippen molar-refractivity contribution in [3.8, 4) is 0 Å². The minimum absolute atomic E-state index is 0.113. The molecule has 0 saturated carbocycles. The van der Waals surface area contributed by atoms with E-state index >= 15 is 0 Å². The number of hydrogen-bond donors (Lipinski definition) is 0.